The molecule has 1 N–H and O–H groups in total. The Balaban J connectivity index is 1.46. The topological polar surface area (TPSA) is 63.8 Å². The standard InChI is InChI=1S/C22H19FN4O/c23-18-5-3-16(4-6-18)19(21-2-1-15-28-21)9-13-25-22-26-14-10-20(27-22)17-7-11-24-12-8-17/h1-8,10-12,14-15,19H,9,13H2,(H,25,26,27). The summed E-state index contributed by atoms with van der Waals surface area (Å²) >= 11 is 0. The molecule has 5 nitrogen and oxygen atoms in total. The summed E-state index contributed by atoms with van der Waals surface area (Å²) in [7, 11) is 0. The van der Waals surface area contributed by atoms with Crippen molar-refractivity contribution in [3.8, 4) is 11.3 Å². The van der Waals surface area contributed by atoms with Crippen molar-refractivity contribution in [2.24, 2.45) is 0 Å². The molecule has 0 bridgehead atoms. The molecule has 0 saturated carbocycles. The molecule has 1 atom stereocenters. The predicted octanol–water partition coefficient (Wildman–Crippen LogP) is 4.90. The van der Waals surface area contributed by atoms with E-state index < -0.39 is 0 Å². The molecule has 1 aromatic carbocycles. The summed E-state index contributed by atoms with van der Waals surface area (Å²) in [5.41, 5.74) is 2.82. The minimum absolute atomic E-state index is 0.0199. The molecular formula is C22H19FN4O. The second-order valence-electron chi connectivity index (χ2n) is 6.34. The van der Waals surface area contributed by atoms with Crippen LogP contribution in [-0.4, -0.2) is 21.5 Å². The first-order valence-electron chi connectivity index (χ1n) is 9.06. The van der Waals surface area contributed by atoms with Gasteiger partial charge >= 0.3 is 0 Å². The largest absolute Gasteiger partial charge is 0.469 e. The second kappa shape index (κ2) is 8.43. The van der Waals surface area contributed by atoms with Crippen molar-refractivity contribution in [3.63, 3.8) is 0 Å². The lowest BCUT2D eigenvalue weighted by atomic mass is 9.93. The van der Waals surface area contributed by atoms with Gasteiger partial charge in [-0.2, -0.15) is 0 Å². The average Bonchev–Trinajstić information content (AvgIpc) is 3.28. The van der Waals surface area contributed by atoms with Crippen LogP contribution in [-0.2, 0) is 0 Å². The summed E-state index contributed by atoms with van der Waals surface area (Å²) in [5, 5.41) is 3.27. The van der Waals surface area contributed by atoms with Gasteiger partial charge in [-0.15, -0.1) is 0 Å². The van der Waals surface area contributed by atoms with Crippen molar-refractivity contribution in [1.82, 2.24) is 15.0 Å². The first-order chi connectivity index (χ1) is 13.8. The number of furan rings is 1. The molecule has 3 heterocycles. The highest BCUT2D eigenvalue weighted by Crippen LogP contribution is 2.28. The van der Waals surface area contributed by atoms with E-state index in [-0.39, 0.29) is 11.7 Å². The number of hydrogen-bond donors (Lipinski definition) is 1. The number of nitrogens with one attached hydrogen (secondary N) is 1. The van der Waals surface area contributed by atoms with Gasteiger partial charge in [0.15, 0.2) is 0 Å². The molecule has 0 radical (unpaired) electrons. The zero-order valence-electron chi connectivity index (χ0n) is 15.1. The molecule has 6 heteroatoms. The third kappa shape index (κ3) is 4.23. The van der Waals surface area contributed by atoms with E-state index in [1.54, 1.807) is 37.0 Å². The highest BCUT2D eigenvalue weighted by molar-refractivity contribution is 5.58. The van der Waals surface area contributed by atoms with Crippen LogP contribution >= 0.6 is 0 Å². The zero-order chi connectivity index (χ0) is 19.2. The molecule has 0 aliphatic heterocycles. The lowest BCUT2D eigenvalue weighted by Crippen LogP contribution is -2.11. The maximum atomic E-state index is 13.3. The van der Waals surface area contributed by atoms with Crippen molar-refractivity contribution in [3.05, 3.63) is 96.6 Å². The molecule has 1 unspecified atom stereocenters. The van der Waals surface area contributed by atoms with Crippen LogP contribution in [0.2, 0.25) is 0 Å². The Hall–Kier alpha value is -3.54. The molecule has 3 aromatic heterocycles. The quantitative estimate of drug-likeness (QED) is 0.498. The predicted molar refractivity (Wildman–Crippen MR) is 105 cm³/mol. The molecular weight excluding hydrogens is 355 g/mol. The summed E-state index contributed by atoms with van der Waals surface area (Å²) in [6.07, 6.45) is 7.61. The van der Waals surface area contributed by atoms with Gasteiger partial charge in [-0.25, -0.2) is 14.4 Å². The SMILES string of the molecule is Fc1ccc(C(CCNc2nccc(-c3ccncc3)n2)c2ccco2)cc1. The number of halogens is 1. The fourth-order valence-electron chi connectivity index (χ4n) is 3.11. The number of pyridine rings is 1. The van der Waals surface area contributed by atoms with Crippen molar-refractivity contribution in [1.29, 1.82) is 0 Å². The average molecular weight is 374 g/mol. The molecule has 4 aromatic rings. The van der Waals surface area contributed by atoms with Gasteiger partial charge in [0.2, 0.25) is 5.95 Å². The minimum Gasteiger partial charge on any atom is -0.469 e. The number of nitrogens with zero attached hydrogens (tertiary/aromatic N) is 3. The zero-order valence-corrected chi connectivity index (χ0v) is 15.1. The van der Waals surface area contributed by atoms with E-state index in [1.165, 1.54) is 12.1 Å². The summed E-state index contributed by atoms with van der Waals surface area (Å²) < 4.78 is 18.9. The Bertz CT molecular complexity index is 1000. The van der Waals surface area contributed by atoms with Gasteiger partial charge in [0.05, 0.1) is 12.0 Å². The molecule has 0 spiro atoms. The Kier molecular flexibility index (Phi) is 5.38. The number of aromatic nitrogens is 3. The van der Waals surface area contributed by atoms with E-state index in [2.05, 4.69) is 20.3 Å². The number of benzene rings is 1. The number of rotatable bonds is 7. The smallest absolute Gasteiger partial charge is 0.223 e. The van der Waals surface area contributed by atoms with Gasteiger partial charge in [0.1, 0.15) is 11.6 Å². The van der Waals surface area contributed by atoms with E-state index >= 15 is 0 Å². The Morgan fingerprint density at radius 1 is 0.964 bits per heavy atom. The van der Waals surface area contributed by atoms with Crippen LogP contribution in [0.5, 0.6) is 0 Å². The Morgan fingerprint density at radius 2 is 1.79 bits per heavy atom. The van der Waals surface area contributed by atoms with Crippen LogP contribution in [0.15, 0.2) is 83.9 Å². The monoisotopic (exact) mass is 374 g/mol. The highest BCUT2D eigenvalue weighted by atomic mass is 19.1. The van der Waals surface area contributed by atoms with Gasteiger partial charge in [-0.1, -0.05) is 12.1 Å². The van der Waals surface area contributed by atoms with Gasteiger partial charge in [0.25, 0.3) is 0 Å². The maximum Gasteiger partial charge on any atom is 0.223 e. The summed E-state index contributed by atoms with van der Waals surface area (Å²) in [5.74, 6) is 1.18. The van der Waals surface area contributed by atoms with Crippen LogP contribution in [0.25, 0.3) is 11.3 Å². The maximum absolute atomic E-state index is 13.3. The summed E-state index contributed by atoms with van der Waals surface area (Å²) in [4.78, 5) is 12.9. The van der Waals surface area contributed by atoms with E-state index in [4.69, 9.17) is 4.42 Å². The van der Waals surface area contributed by atoms with Gasteiger partial charge in [-0.05, 0) is 54.4 Å². The van der Waals surface area contributed by atoms with Gasteiger partial charge in [-0.3, -0.25) is 4.98 Å². The molecule has 28 heavy (non-hydrogen) atoms. The Morgan fingerprint density at radius 3 is 2.54 bits per heavy atom. The lowest BCUT2D eigenvalue weighted by Gasteiger charge is -2.16. The third-order valence-corrected chi connectivity index (χ3v) is 4.51. The second-order valence-corrected chi connectivity index (χ2v) is 6.34. The van der Waals surface area contributed by atoms with Gasteiger partial charge in [0, 0.05) is 36.6 Å². The van der Waals surface area contributed by atoms with Crippen molar-refractivity contribution in [2.45, 2.75) is 12.3 Å². The van der Waals surface area contributed by atoms with Crippen LogP contribution in [0.1, 0.15) is 23.7 Å². The first kappa shape index (κ1) is 17.9. The van der Waals surface area contributed by atoms with Gasteiger partial charge < -0.3 is 9.73 Å². The lowest BCUT2D eigenvalue weighted by molar-refractivity contribution is 0.477. The minimum atomic E-state index is -0.249. The summed E-state index contributed by atoms with van der Waals surface area (Å²) in [6, 6.07) is 16.0. The van der Waals surface area contributed by atoms with Crippen LogP contribution in [0, 0.1) is 5.82 Å². The van der Waals surface area contributed by atoms with Crippen LogP contribution in [0.4, 0.5) is 10.3 Å². The Labute approximate surface area is 162 Å². The van der Waals surface area contributed by atoms with Crippen LogP contribution < -0.4 is 5.32 Å². The molecule has 0 aliphatic carbocycles. The molecule has 0 saturated heterocycles. The molecule has 140 valence electrons. The number of anilines is 1. The normalized spacial score (nSPS) is 11.9. The molecule has 0 amide bonds. The van der Waals surface area contributed by atoms with E-state index in [1.807, 2.05) is 30.3 Å². The summed E-state index contributed by atoms with van der Waals surface area (Å²) in [6.45, 7) is 0.641. The van der Waals surface area contributed by atoms with E-state index in [9.17, 15) is 4.39 Å². The fourth-order valence-corrected chi connectivity index (χ4v) is 3.11. The highest BCUT2D eigenvalue weighted by Gasteiger charge is 2.17. The van der Waals surface area contributed by atoms with E-state index in [0.29, 0.717) is 12.5 Å². The first-order valence-corrected chi connectivity index (χ1v) is 9.06. The molecule has 0 fully saturated rings. The van der Waals surface area contributed by atoms with Crippen molar-refractivity contribution < 1.29 is 8.81 Å². The van der Waals surface area contributed by atoms with Crippen molar-refractivity contribution in [2.75, 3.05) is 11.9 Å². The number of hydrogen-bond acceptors (Lipinski definition) is 5. The fraction of sp³-hybridized carbons (Fsp3) is 0.136. The molecule has 0 aliphatic rings. The van der Waals surface area contributed by atoms with Crippen LogP contribution in [0.3, 0.4) is 0 Å². The third-order valence-electron chi connectivity index (χ3n) is 4.51. The van der Waals surface area contributed by atoms with E-state index in [0.717, 1.165) is 29.0 Å². The molecule has 4 rings (SSSR count). The van der Waals surface area contributed by atoms with Crippen molar-refractivity contribution >= 4 is 5.95 Å².